The van der Waals surface area contributed by atoms with E-state index in [4.69, 9.17) is 10.5 Å². The van der Waals surface area contributed by atoms with Crippen molar-refractivity contribution in [1.29, 1.82) is 0 Å². The summed E-state index contributed by atoms with van der Waals surface area (Å²) in [5.74, 6) is 1.65. The molecule has 1 atom stereocenters. The molecule has 14 heavy (non-hydrogen) atoms. The Morgan fingerprint density at radius 1 is 1.43 bits per heavy atom. The second-order valence-corrected chi connectivity index (χ2v) is 3.86. The normalized spacial score (nSPS) is 20.3. The highest BCUT2D eigenvalue weighted by Gasteiger charge is 2.21. The maximum Gasteiger partial charge on any atom is 0.223 e. The van der Waals surface area contributed by atoms with Crippen molar-refractivity contribution in [2.75, 3.05) is 12.8 Å². The standard InChI is InChI=1S/C10H15N3O/c1-6-3-4-7-8(5-6)12-10(11)13-9(7)14-2/h6H,3-5H2,1-2H3,(H2,11,12,13). The summed E-state index contributed by atoms with van der Waals surface area (Å²) in [5.41, 5.74) is 7.80. The molecule has 2 rings (SSSR count). The van der Waals surface area contributed by atoms with Gasteiger partial charge in [0.2, 0.25) is 11.8 Å². The number of methoxy groups -OCH3 is 1. The van der Waals surface area contributed by atoms with Gasteiger partial charge in [-0.15, -0.1) is 0 Å². The third kappa shape index (κ3) is 1.52. The van der Waals surface area contributed by atoms with Crippen LogP contribution in [0.4, 0.5) is 5.95 Å². The van der Waals surface area contributed by atoms with Crippen LogP contribution in [-0.2, 0) is 12.8 Å². The van der Waals surface area contributed by atoms with Crippen molar-refractivity contribution >= 4 is 5.95 Å². The van der Waals surface area contributed by atoms with E-state index in [1.807, 2.05) is 0 Å². The summed E-state index contributed by atoms with van der Waals surface area (Å²) in [5, 5.41) is 0. The Morgan fingerprint density at radius 2 is 2.21 bits per heavy atom. The summed E-state index contributed by atoms with van der Waals surface area (Å²) >= 11 is 0. The number of aromatic nitrogens is 2. The molecule has 4 nitrogen and oxygen atoms in total. The number of hydrogen-bond acceptors (Lipinski definition) is 4. The molecular formula is C10H15N3O. The molecular weight excluding hydrogens is 178 g/mol. The molecule has 0 aromatic carbocycles. The molecule has 1 aromatic heterocycles. The Morgan fingerprint density at radius 3 is 2.93 bits per heavy atom. The molecule has 1 aromatic rings. The highest BCUT2D eigenvalue weighted by molar-refractivity contribution is 5.37. The van der Waals surface area contributed by atoms with E-state index in [1.165, 1.54) is 6.42 Å². The van der Waals surface area contributed by atoms with Gasteiger partial charge >= 0.3 is 0 Å². The second-order valence-electron chi connectivity index (χ2n) is 3.86. The maximum atomic E-state index is 5.60. The van der Waals surface area contributed by atoms with Crippen LogP contribution in [0.3, 0.4) is 0 Å². The first-order valence-corrected chi connectivity index (χ1v) is 4.90. The Kier molecular flexibility index (Phi) is 2.27. The van der Waals surface area contributed by atoms with E-state index < -0.39 is 0 Å². The van der Waals surface area contributed by atoms with Crippen LogP contribution in [0, 0.1) is 5.92 Å². The van der Waals surface area contributed by atoms with E-state index in [0.717, 1.165) is 24.1 Å². The van der Waals surface area contributed by atoms with E-state index >= 15 is 0 Å². The molecule has 4 heteroatoms. The summed E-state index contributed by atoms with van der Waals surface area (Å²) in [6.07, 6.45) is 3.16. The van der Waals surface area contributed by atoms with E-state index in [2.05, 4.69) is 16.9 Å². The van der Waals surface area contributed by atoms with Crippen LogP contribution in [0.2, 0.25) is 0 Å². The number of rotatable bonds is 1. The lowest BCUT2D eigenvalue weighted by Gasteiger charge is -2.21. The summed E-state index contributed by atoms with van der Waals surface area (Å²) < 4.78 is 5.20. The van der Waals surface area contributed by atoms with Gasteiger partial charge < -0.3 is 10.5 Å². The molecule has 0 spiro atoms. The van der Waals surface area contributed by atoms with Crippen LogP contribution in [0.1, 0.15) is 24.6 Å². The third-order valence-corrected chi connectivity index (χ3v) is 2.69. The van der Waals surface area contributed by atoms with Crippen molar-refractivity contribution in [1.82, 2.24) is 9.97 Å². The number of fused-ring (bicyclic) bond motifs is 1. The molecule has 76 valence electrons. The monoisotopic (exact) mass is 193 g/mol. The summed E-state index contributed by atoms with van der Waals surface area (Å²) in [7, 11) is 1.63. The predicted octanol–water partition coefficient (Wildman–Crippen LogP) is 1.19. The smallest absolute Gasteiger partial charge is 0.223 e. The molecule has 0 saturated carbocycles. The number of nitrogens with two attached hydrogens (primary N) is 1. The minimum atomic E-state index is 0.315. The molecule has 1 aliphatic rings. The van der Waals surface area contributed by atoms with Crippen molar-refractivity contribution in [3.05, 3.63) is 11.3 Å². The number of ether oxygens (including phenoxy) is 1. The van der Waals surface area contributed by atoms with Gasteiger partial charge in [0.1, 0.15) is 0 Å². The molecule has 1 heterocycles. The average Bonchev–Trinajstić information content (AvgIpc) is 2.15. The highest BCUT2D eigenvalue weighted by atomic mass is 16.5. The van der Waals surface area contributed by atoms with Crippen LogP contribution >= 0.6 is 0 Å². The molecule has 1 aliphatic carbocycles. The Bertz CT molecular complexity index is 351. The minimum absolute atomic E-state index is 0.315. The fraction of sp³-hybridized carbons (Fsp3) is 0.600. The van der Waals surface area contributed by atoms with Gasteiger partial charge in [0.25, 0.3) is 0 Å². The van der Waals surface area contributed by atoms with Gasteiger partial charge in [-0.1, -0.05) is 6.92 Å². The van der Waals surface area contributed by atoms with Crippen LogP contribution in [0.5, 0.6) is 5.88 Å². The largest absolute Gasteiger partial charge is 0.481 e. The number of anilines is 1. The van der Waals surface area contributed by atoms with Gasteiger partial charge in [-0.2, -0.15) is 4.98 Å². The quantitative estimate of drug-likeness (QED) is 0.727. The van der Waals surface area contributed by atoms with E-state index in [1.54, 1.807) is 7.11 Å². The Hall–Kier alpha value is -1.32. The third-order valence-electron chi connectivity index (χ3n) is 2.69. The van der Waals surface area contributed by atoms with Gasteiger partial charge in [-0.05, 0) is 25.2 Å². The van der Waals surface area contributed by atoms with Gasteiger partial charge in [-0.3, -0.25) is 0 Å². The molecule has 0 bridgehead atoms. The SMILES string of the molecule is COc1nc(N)nc2c1CCC(C)C2. The van der Waals surface area contributed by atoms with Crippen molar-refractivity contribution in [3.8, 4) is 5.88 Å². The summed E-state index contributed by atoms with van der Waals surface area (Å²) in [6.45, 7) is 2.23. The Balaban J connectivity index is 2.46. The van der Waals surface area contributed by atoms with Crippen molar-refractivity contribution < 1.29 is 4.74 Å². The van der Waals surface area contributed by atoms with Crippen LogP contribution in [0.25, 0.3) is 0 Å². The van der Waals surface area contributed by atoms with Gasteiger partial charge in [-0.25, -0.2) is 4.98 Å². The lowest BCUT2D eigenvalue weighted by Crippen LogP contribution is -2.16. The fourth-order valence-electron chi connectivity index (χ4n) is 1.94. The zero-order chi connectivity index (χ0) is 10.1. The fourth-order valence-corrected chi connectivity index (χ4v) is 1.94. The van der Waals surface area contributed by atoms with E-state index in [-0.39, 0.29) is 0 Å². The van der Waals surface area contributed by atoms with Crippen LogP contribution < -0.4 is 10.5 Å². The molecule has 0 fully saturated rings. The number of hydrogen-bond donors (Lipinski definition) is 1. The first kappa shape index (κ1) is 9.24. The second kappa shape index (κ2) is 3.44. The lowest BCUT2D eigenvalue weighted by molar-refractivity contribution is 0.381. The van der Waals surface area contributed by atoms with Gasteiger partial charge in [0, 0.05) is 5.56 Å². The van der Waals surface area contributed by atoms with Crippen LogP contribution in [-0.4, -0.2) is 17.1 Å². The zero-order valence-corrected chi connectivity index (χ0v) is 8.58. The maximum absolute atomic E-state index is 5.60. The molecule has 0 aliphatic heterocycles. The number of nitrogens with zero attached hydrogens (tertiary/aromatic N) is 2. The summed E-state index contributed by atoms with van der Waals surface area (Å²) in [6, 6.07) is 0. The first-order chi connectivity index (χ1) is 6.70. The van der Waals surface area contributed by atoms with Gasteiger partial charge in [0.15, 0.2) is 0 Å². The molecule has 1 unspecified atom stereocenters. The lowest BCUT2D eigenvalue weighted by atomic mass is 9.89. The molecule has 0 saturated heterocycles. The first-order valence-electron chi connectivity index (χ1n) is 4.90. The predicted molar refractivity (Wildman–Crippen MR) is 54.2 cm³/mol. The molecule has 0 radical (unpaired) electrons. The van der Waals surface area contributed by atoms with E-state index in [0.29, 0.717) is 17.7 Å². The van der Waals surface area contributed by atoms with Crippen molar-refractivity contribution in [2.24, 2.45) is 5.92 Å². The topological polar surface area (TPSA) is 61.0 Å². The van der Waals surface area contributed by atoms with Crippen LogP contribution in [0.15, 0.2) is 0 Å². The zero-order valence-electron chi connectivity index (χ0n) is 8.58. The summed E-state index contributed by atoms with van der Waals surface area (Å²) in [4.78, 5) is 8.33. The Labute approximate surface area is 83.5 Å². The van der Waals surface area contributed by atoms with Crippen molar-refractivity contribution in [3.63, 3.8) is 0 Å². The minimum Gasteiger partial charge on any atom is -0.481 e. The average molecular weight is 193 g/mol. The molecule has 2 N–H and O–H groups in total. The highest BCUT2D eigenvalue weighted by Crippen LogP contribution is 2.29. The van der Waals surface area contributed by atoms with E-state index in [9.17, 15) is 0 Å². The molecule has 0 amide bonds. The van der Waals surface area contributed by atoms with Gasteiger partial charge in [0.05, 0.1) is 12.8 Å². The number of nitrogen functional groups attached to an aromatic ring is 1. The van der Waals surface area contributed by atoms with Crippen molar-refractivity contribution in [2.45, 2.75) is 26.2 Å².